The van der Waals surface area contributed by atoms with E-state index in [-0.39, 0.29) is 0 Å². The summed E-state index contributed by atoms with van der Waals surface area (Å²) in [4.78, 5) is 12.9. The third-order valence-corrected chi connectivity index (χ3v) is 3.10. The van der Waals surface area contributed by atoms with Gasteiger partial charge in [0.05, 0.1) is 11.0 Å². The third-order valence-electron chi connectivity index (χ3n) is 3.10. The summed E-state index contributed by atoms with van der Waals surface area (Å²) < 4.78 is 0. The zero-order valence-corrected chi connectivity index (χ0v) is 9.23. The van der Waals surface area contributed by atoms with Gasteiger partial charge in [-0.25, -0.2) is 9.97 Å². The predicted octanol–water partition coefficient (Wildman–Crippen LogP) is 2.79. The van der Waals surface area contributed by atoms with E-state index in [1.807, 2.05) is 18.5 Å². The van der Waals surface area contributed by atoms with Crippen LogP contribution in [0.15, 0.2) is 30.9 Å². The summed E-state index contributed by atoms with van der Waals surface area (Å²) in [6.45, 7) is 4.19. The SMILES string of the molecule is Cc1c(C)c2ncccc2c2ncncc12. The van der Waals surface area contributed by atoms with Gasteiger partial charge in [-0.3, -0.25) is 4.98 Å². The zero-order chi connectivity index (χ0) is 11.1. The maximum Gasteiger partial charge on any atom is 0.116 e. The van der Waals surface area contributed by atoms with Crippen LogP contribution >= 0.6 is 0 Å². The lowest BCUT2D eigenvalue weighted by atomic mass is 10.0. The molecule has 0 amide bonds. The summed E-state index contributed by atoms with van der Waals surface area (Å²) in [6, 6.07) is 4.00. The van der Waals surface area contributed by atoms with Crippen molar-refractivity contribution in [3.8, 4) is 0 Å². The number of nitrogens with zero attached hydrogens (tertiary/aromatic N) is 3. The van der Waals surface area contributed by atoms with Crippen molar-refractivity contribution in [2.24, 2.45) is 0 Å². The van der Waals surface area contributed by atoms with Gasteiger partial charge in [-0.15, -0.1) is 0 Å². The van der Waals surface area contributed by atoms with Gasteiger partial charge in [-0.1, -0.05) is 0 Å². The number of aryl methyl sites for hydroxylation is 2. The first-order valence-corrected chi connectivity index (χ1v) is 5.22. The Labute approximate surface area is 93.2 Å². The Morgan fingerprint density at radius 1 is 0.938 bits per heavy atom. The Bertz CT molecular complexity index is 628. The Morgan fingerprint density at radius 3 is 2.69 bits per heavy atom. The molecule has 0 fully saturated rings. The average molecular weight is 209 g/mol. The van der Waals surface area contributed by atoms with Crippen molar-refractivity contribution < 1.29 is 0 Å². The van der Waals surface area contributed by atoms with Crippen LogP contribution in [0.2, 0.25) is 0 Å². The normalized spacial score (nSPS) is 11.1. The summed E-state index contributed by atoms with van der Waals surface area (Å²) in [7, 11) is 0. The van der Waals surface area contributed by atoms with E-state index in [4.69, 9.17) is 0 Å². The number of hydrogen-bond donors (Lipinski definition) is 0. The van der Waals surface area contributed by atoms with Gasteiger partial charge in [0.15, 0.2) is 0 Å². The molecule has 3 aromatic rings. The predicted molar refractivity (Wildman–Crippen MR) is 64.3 cm³/mol. The molecular weight excluding hydrogens is 198 g/mol. The molecule has 0 aliphatic carbocycles. The number of benzene rings is 1. The van der Waals surface area contributed by atoms with Crippen molar-refractivity contribution in [3.63, 3.8) is 0 Å². The molecule has 0 bridgehead atoms. The van der Waals surface area contributed by atoms with Crippen LogP contribution in [-0.4, -0.2) is 15.0 Å². The van der Waals surface area contributed by atoms with E-state index >= 15 is 0 Å². The number of hydrogen-bond acceptors (Lipinski definition) is 3. The first-order chi connectivity index (χ1) is 7.79. The monoisotopic (exact) mass is 209 g/mol. The molecule has 78 valence electrons. The second kappa shape index (κ2) is 3.23. The number of aromatic nitrogens is 3. The van der Waals surface area contributed by atoms with Crippen LogP contribution < -0.4 is 0 Å². The minimum Gasteiger partial charge on any atom is -0.256 e. The molecule has 2 heterocycles. The third kappa shape index (κ3) is 1.11. The molecule has 3 nitrogen and oxygen atoms in total. The second-order valence-corrected chi connectivity index (χ2v) is 3.93. The zero-order valence-electron chi connectivity index (χ0n) is 9.23. The fraction of sp³-hybridized carbons (Fsp3) is 0.154. The molecule has 0 spiro atoms. The fourth-order valence-corrected chi connectivity index (χ4v) is 2.09. The van der Waals surface area contributed by atoms with Crippen LogP contribution in [0.4, 0.5) is 0 Å². The summed E-state index contributed by atoms with van der Waals surface area (Å²) >= 11 is 0. The van der Waals surface area contributed by atoms with E-state index in [1.54, 1.807) is 6.33 Å². The van der Waals surface area contributed by atoms with E-state index in [2.05, 4.69) is 34.9 Å². The number of pyridine rings is 1. The minimum absolute atomic E-state index is 0.987. The molecule has 0 unspecified atom stereocenters. The number of rotatable bonds is 0. The Balaban J connectivity index is 2.69. The summed E-state index contributed by atoms with van der Waals surface area (Å²) in [5.41, 5.74) is 4.44. The smallest absolute Gasteiger partial charge is 0.116 e. The van der Waals surface area contributed by atoms with Gasteiger partial charge in [0.2, 0.25) is 0 Å². The average Bonchev–Trinajstić information content (AvgIpc) is 2.36. The van der Waals surface area contributed by atoms with Gasteiger partial charge < -0.3 is 0 Å². The van der Waals surface area contributed by atoms with Gasteiger partial charge in [0.25, 0.3) is 0 Å². The van der Waals surface area contributed by atoms with E-state index < -0.39 is 0 Å². The molecule has 0 saturated heterocycles. The van der Waals surface area contributed by atoms with Crippen molar-refractivity contribution in [3.05, 3.63) is 42.0 Å². The summed E-state index contributed by atoms with van der Waals surface area (Å²) in [5, 5.41) is 2.21. The number of fused-ring (bicyclic) bond motifs is 3. The molecular formula is C13H11N3. The minimum atomic E-state index is 0.987. The lowest BCUT2D eigenvalue weighted by Crippen LogP contribution is -1.92. The van der Waals surface area contributed by atoms with E-state index in [1.165, 1.54) is 11.1 Å². The lowest BCUT2D eigenvalue weighted by Gasteiger charge is -2.09. The second-order valence-electron chi connectivity index (χ2n) is 3.93. The molecule has 3 heteroatoms. The quantitative estimate of drug-likeness (QED) is 0.534. The molecule has 3 rings (SSSR count). The highest BCUT2D eigenvalue weighted by atomic mass is 14.8. The Hall–Kier alpha value is -2.03. The topological polar surface area (TPSA) is 38.7 Å². The van der Waals surface area contributed by atoms with Crippen LogP contribution in [-0.2, 0) is 0 Å². The Morgan fingerprint density at radius 2 is 1.81 bits per heavy atom. The van der Waals surface area contributed by atoms with E-state index in [9.17, 15) is 0 Å². The molecule has 0 aliphatic heterocycles. The van der Waals surface area contributed by atoms with Crippen molar-refractivity contribution in [1.82, 2.24) is 15.0 Å². The summed E-state index contributed by atoms with van der Waals surface area (Å²) in [5.74, 6) is 0. The Kier molecular flexibility index (Phi) is 1.86. The summed E-state index contributed by atoms with van der Waals surface area (Å²) in [6.07, 6.45) is 5.28. The van der Waals surface area contributed by atoms with Gasteiger partial charge in [0.1, 0.15) is 6.33 Å². The van der Waals surface area contributed by atoms with Crippen molar-refractivity contribution >= 4 is 21.8 Å². The van der Waals surface area contributed by atoms with Crippen LogP contribution in [0.3, 0.4) is 0 Å². The highest BCUT2D eigenvalue weighted by Gasteiger charge is 2.09. The molecule has 0 aliphatic rings. The molecule has 2 aromatic heterocycles. The van der Waals surface area contributed by atoms with Gasteiger partial charge in [0, 0.05) is 23.2 Å². The van der Waals surface area contributed by atoms with Gasteiger partial charge in [-0.2, -0.15) is 0 Å². The first kappa shape index (κ1) is 9.21. The van der Waals surface area contributed by atoms with Crippen LogP contribution in [0, 0.1) is 13.8 Å². The molecule has 0 saturated carbocycles. The van der Waals surface area contributed by atoms with Crippen LogP contribution in [0.5, 0.6) is 0 Å². The van der Waals surface area contributed by atoms with Crippen molar-refractivity contribution in [2.45, 2.75) is 13.8 Å². The molecule has 0 atom stereocenters. The van der Waals surface area contributed by atoms with Gasteiger partial charge in [-0.05, 0) is 37.1 Å². The van der Waals surface area contributed by atoms with E-state index in [0.717, 1.165) is 21.8 Å². The first-order valence-electron chi connectivity index (χ1n) is 5.22. The molecule has 0 N–H and O–H groups in total. The van der Waals surface area contributed by atoms with Crippen molar-refractivity contribution in [2.75, 3.05) is 0 Å². The molecule has 16 heavy (non-hydrogen) atoms. The van der Waals surface area contributed by atoms with Gasteiger partial charge >= 0.3 is 0 Å². The maximum absolute atomic E-state index is 4.43. The van der Waals surface area contributed by atoms with E-state index in [0.29, 0.717) is 0 Å². The highest BCUT2D eigenvalue weighted by Crippen LogP contribution is 2.28. The fourth-order valence-electron chi connectivity index (χ4n) is 2.09. The maximum atomic E-state index is 4.43. The van der Waals surface area contributed by atoms with Crippen LogP contribution in [0.25, 0.3) is 21.8 Å². The largest absolute Gasteiger partial charge is 0.256 e. The molecule has 1 aromatic carbocycles. The van der Waals surface area contributed by atoms with Crippen molar-refractivity contribution in [1.29, 1.82) is 0 Å². The lowest BCUT2D eigenvalue weighted by molar-refractivity contribution is 1.21. The highest BCUT2D eigenvalue weighted by molar-refractivity contribution is 6.06. The molecule has 0 radical (unpaired) electrons. The van der Waals surface area contributed by atoms with Crippen LogP contribution in [0.1, 0.15) is 11.1 Å². The standard InChI is InChI=1S/C13H11N3/c1-8-9(2)12-10(4-3-5-15-12)13-11(8)6-14-7-16-13/h3-7H,1-2H3.